The molecule has 0 heterocycles. The normalized spacial score (nSPS) is 17.6. The molecule has 1 N–H and O–H groups in total. The summed E-state index contributed by atoms with van der Waals surface area (Å²) >= 11 is 4.53. The van der Waals surface area contributed by atoms with Gasteiger partial charge in [-0.3, -0.25) is 0 Å². The summed E-state index contributed by atoms with van der Waals surface area (Å²) in [5.41, 5.74) is 1.01. The standard InChI is InChI=1S/C9H19NS/c1-7(2)9(5,10-6)8(3,4)11/h10-11H,1H2,2-6H3. The van der Waals surface area contributed by atoms with Crippen molar-refractivity contribution in [2.45, 2.75) is 38.0 Å². The summed E-state index contributed by atoms with van der Waals surface area (Å²) in [5.74, 6) is 0. The van der Waals surface area contributed by atoms with Gasteiger partial charge in [0.15, 0.2) is 0 Å². The summed E-state index contributed by atoms with van der Waals surface area (Å²) in [7, 11) is 1.94. The quantitative estimate of drug-likeness (QED) is 0.493. The van der Waals surface area contributed by atoms with Gasteiger partial charge in [-0.2, -0.15) is 12.6 Å². The number of thiol groups is 1. The molecule has 0 bridgehead atoms. The molecule has 0 aromatic rings. The second-order valence-corrected chi connectivity index (χ2v) is 4.83. The Morgan fingerprint density at radius 3 is 1.73 bits per heavy atom. The predicted molar refractivity (Wildman–Crippen MR) is 55.3 cm³/mol. The minimum Gasteiger partial charge on any atom is -0.310 e. The molecule has 11 heavy (non-hydrogen) atoms. The third kappa shape index (κ3) is 2.00. The first-order valence-electron chi connectivity index (χ1n) is 3.83. The molecule has 0 fully saturated rings. The number of hydrogen-bond acceptors (Lipinski definition) is 2. The van der Waals surface area contributed by atoms with Crippen LogP contribution in [0.2, 0.25) is 0 Å². The molecule has 0 aliphatic carbocycles. The molecule has 0 saturated carbocycles. The molecular weight excluding hydrogens is 154 g/mol. The first-order chi connectivity index (χ1) is 4.75. The molecule has 0 aliphatic rings. The van der Waals surface area contributed by atoms with Gasteiger partial charge in [0.1, 0.15) is 0 Å². The highest BCUT2D eigenvalue weighted by atomic mass is 32.1. The smallest absolute Gasteiger partial charge is 0.0498 e. The van der Waals surface area contributed by atoms with Crippen LogP contribution in [0.5, 0.6) is 0 Å². The monoisotopic (exact) mass is 173 g/mol. The Balaban J connectivity index is 4.75. The summed E-state index contributed by atoms with van der Waals surface area (Å²) in [6, 6.07) is 0. The Morgan fingerprint density at radius 1 is 1.36 bits per heavy atom. The van der Waals surface area contributed by atoms with Crippen molar-refractivity contribution in [3.05, 3.63) is 12.2 Å². The van der Waals surface area contributed by atoms with Crippen LogP contribution in [-0.4, -0.2) is 17.3 Å². The van der Waals surface area contributed by atoms with E-state index >= 15 is 0 Å². The maximum Gasteiger partial charge on any atom is 0.0498 e. The molecule has 0 aliphatic heterocycles. The van der Waals surface area contributed by atoms with Crippen molar-refractivity contribution in [2.24, 2.45) is 0 Å². The van der Waals surface area contributed by atoms with Gasteiger partial charge in [0.05, 0.1) is 0 Å². The lowest BCUT2D eigenvalue weighted by atomic mass is 9.82. The second-order valence-electron chi connectivity index (χ2n) is 3.71. The maximum atomic E-state index is 4.53. The SMILES string of the molecule is C=C(C)C(C)(NC)C(C)(C)S. The van der Waals surface area contributed by atoms with Crippen molar-refractivity contribution >= 4 is 12.6 Å². The minimum atomic E-state index is -0.101. The lowest BCUT2D eigenvalue weighted by molar-refractivity contribution is 0.369. The highest BCUT2D eigenvalue weighted by Gasteiger charge is 2.37. The molecule has 0 spiro atoms. The molecule has 0 radical (unpaired) electrons. The zero-order chi connectivity index (χ0) is 9.28. The number of likely N-dealkylation sites (N-methyl/N-ethyl adjacent to an activating group) is 1. The van der Waals surface area contributed by atoms with Crippen LogP contribution < -0.4 is 5.32 Å². The maximum absolute atomic E-state index is 4.53. The van der Waals surface area contributed by atoms with Crippen LogP contribution in [0.3, 0.4) is 0 Å². The summed E-state index contributed by atoms with van der Waals surface area (Å²) in [6.45, 7) is 12.3. The molecule has 0 saturated heterocycles. The van der Waals surface area contributed by atoms with Crippen LogP contribution in [0.1, 0.15) is 27.7 Å². The van der Waals surface area contributed by atoms with Crippen LogP contribution in [0.15, 0.2) is 12.2 Å². The topological polar surface area (TPSA) is 12.0 Å². The van der Waals surface area contributed by atoms with E-state index in [4.69, 9.17) is 0 Å². The Morgan fingerprint density at radius 2 is 1.73 bits per heavy atom. The van der Waals surface area contributed by atoms with Gasteiger partial charge < -0.3 is 5.32 Å². The number of nitrogens with one attached hydrogen (secondary N) is 1. The fourth-order valence-corrected chi connectivity index (χ4v) is 1.34. The van der Waals surface area contributed by atoms with Gasteiger partial charge >= 0.3 is 0 Å². The van der Waals surface area contributed by atoms with E-state index in [1.54, 1.807) is 0 Å². The highest BCUT2D eigenvalue weighted by molar-refractivity contribution is 7.81. The van der Waals surface area contributed by atoms with E-state index in [0.717, 1.165) is 5.57 Å². The van der Waals surface area contributed by atoms with Crippen LogP contribution >= 0.6 is 12.6 Å². The molecule has 1 nitrogen and oxygen atoms in total. The van der Waals surface area contributed by atoms with Crippen molar-refractivity contribution in [3.8, 4) is 0 Å². The zero-order valence-corrected chi connectivity index (χ0v) is 9.05. The van der Waals surface area contributed by atoms with Crippen LogP contribution in [0.25, 0.3) is 0 Å². The molecule has 0 aromatic carbocycles. The Hall–Kier alpha value is 0.0500. The van der Waals surface area contributed by atoms with Gasteiger partial charge in [-0.15, -0.1) is 0 Å². The average Bonchev–Trinajstić information content (AvgIpc) is 1.83. The van der Waals surface area contributed by atoms with Crippen molar-refractivity contribution in [1.82, 2.24) is 5.32 Å². The molecule has 1 atom stereocenters. The lowest BCUT2D eigenvalue weighted by Crippen LogP contribution is -2.54. The van der Waals surface area contributed by atoms with Crippen molar-refractivity contribution in [2.75, 3.05) is 7.05 Å². The van der Waals surface area contributed by atoms with Crippen LogP contribution in [-0.2, 0) is 0 Å². The summed E-state index contributed by atoms with van der Waals surface area (Å²) in [5, 5.41) is 3.24. The summed E-state index contributed by atoms with van der Waals surface area (Å²) < 4.78 is -0.0897. The third-order valence-electron chi connectivity index (χ3n) is 2.58. The fourth-order valence-electron chi connectivity index (χ4n) is 1.04. The fraction of sp³-hybridized carbons (Fsp3) is 0.778. The molecule has 0 aromatic heterocycles. The van der Waals surface area contributed by atoms with Gasteiger partial charge in [-0.05, 0) is 34.7 Å². The molecular formula is C9H19NS. The van der Waals surface area contributed by atoms with Gasteiger partial charge in [0.25, 0.3) is 0 Å². The lowest BCUT2D eigenvalue weighted by Gasteiger charge is -2.41. The second kappa shape index (κ2) is 3.20. The molecule has 2 heteroatoms. The van der Waals surface area contributed by atoms with Crippen molar-refractivity contribution < 1.29 is 0 Å². The minimum absolute atomic E-state index is 0.0897. The van der Waals surface area contributed by atoms with Gasteiger partial charge in [0.2, 0.25) is 0 Å². The van der Waals surface area contributed by atoms with Crippen molar-refractivity contribution in [3.63, 3.8) is 0 Å². The molecule has 66 valence electrons. The summed E-state index contributed by atoms with van der Waals surface area (Å²) in [6.07, 6.45) is 0. The molecule has 0 rings (SSSR count). The largest absolute Gasteiger partial charge is 0.310 e. The number of rotatable bonds is 3. The first-order valence-corrected chi connectivity index (χ1v) is 4.27. The Labute approximate surface area is 75.7 Å². The average molecular weight is 173 g/mol. The van der Waals surface area contributed by atoms with E-state index in [1.807, 2.05) is 14.0 Å². The zero-order valence-electron chi connectivity index (χ0n) is 8.15. The van der Waals surface area contributed by atoms with E-state index in [9.17, 15) is 0 Å². The van der Waals surface area contributed by atoms with E-state index < -0.39 is 0 Å². The van der Waals surface area contributed by atoms with E-state index in [1.165, 1.54) is 0 Å². The molecule has 0 amide bonds. The van der Waals surface area contributed by atoms with Gasteiger partial charge in [-0.25, -0.2) is 0 Å². The van der Waals surface area contributed by atoms with E-state index in [-0.39, 0.29) is 10.3 Å². The highest BCUT2D eigenvalue weighted by Crippen LogP contribution is 2.32. The van der Waals surface area contributed by atoms with Crippen LogP contribution in [0, 0.1) is 0 Å². The molecule has 1 unspecified atom stereocenters. The van der Waals surface area contributed by atoms with Gasteiger partial charge in [-0.1, -0.05) is 12.2 Å². The van der Waals surface area contributed by atoms with E-state index in [2.05, 4.69) is 45.3 Å². The Kier molecular flexibility index (Phi) is 3.21. The number of hydrogen-bond donors (Lipinski definition) is 2. The van der Waals surface area contributed by atoms with Crippen LogP contribution in [0.4, 0.5) is 0 Å². The van der Waals surface area contributed by atoms with E-state index in [0.29, 0.717) is 0 Å². The first kappa shape index (κ1) is 11.1. The Bertz CT molecular complexity index is 157. The third-order valence-corrected chi connectivity index (χ3v) is 3.02. The predicted octanol–water partition coefficient (Wildman–Crippen LogP) is 2.25. The van der Waals surface area contributed by atoms with Gasteiger partial charge in [0, 0.05) is 10.3 Å². The van der Waals surface area contributed by atoms with Crippen molar-refractivity contribution in [1.29, 1.82) is 0 Å². The summed E-state index contributed by atoms with van der Waals surface area (Å²) in [4.78, 5) is 0.